The van der Waals surface area contributed by atoms with Gasteiger partial charge in [0.05, 0.1) is 9.92 Å². The number of aryl methyl sites for hydroxylation is 2. The van der Waals surface area contributed by atoms with Crippen LogP contribution >= 0.6 is 11.6 Å². The first kappa shape index (κ1) is 23.3. The number of hydrogen-bond donors (Lipinski definition) is 1. The summed E-state index contributed by atoms with van der Waals surface area (Å²) >= 11 is 6.31. The number of nitrogens with zero attached hydrogens (tertiary/aromatic N) is 1. The van der Waals surface area contributed by atoms with Gasteiger partial charge in [-0.05, 0) is 60.7 Å². The molecule has 0 unspecified atom stereocenters. The van der Waals surface area contributed by atoms with Gasteiger partial charge in [-0.2, -0.15) is 4.31 Å². The first-order valence-corrected chi connectivity index (χ1v) is 12.4. The first-order valence-electron chi connectivity index (χ1n) is 10.6. The highest BCUT2D eigenvalue weighted by atomic mass is 35.5. The van der Waals surface area contributed by atoms with Gasteiger partial charge >= 0.3 is 0 Å². The summed E-state index contributed by atoms with van der Waals surface area (Å²) < 4.78 is 33.3. The number of halogens is 1. The maximum absolute atomic E-state index is 13.2. The predicted octanol–water partition coefficient (Wildman–Crippen LogP) is 4.72. The third kappa shape index (κ3) is 5.05. The second-order valence-electron chi connectivity index (χ2n) is 8.05. The summed E-state index contributed by atoms with van der Waals surface area (Å²) in [5.41, 5.74) is 4.84. The molecule has 33 heavy (non-hydrogen) atoms. The zero-order valence-corrected chi connectivity index (χ0v) is 20.0. The molecular formula is C25H25ClN2O4S. The number of ether oxygens (including phenoxy) is 1. The lowest BCUT2D eigenvalue weighted by atomic mass is 10.0. The van der Waals surface area contributed by atoms with E-state index in [1.165, 1.54) is 28.1 Å². The second-order valence-corrected chi connectivity index (χ2v) is 10.4. The van der Waals surface area contributed by atoms with E-state index in [0.29, 0.717) is 19.5 Å². The van der Waals surface area contributed by atoms with Crippen molar-refractivity contribution in [2.75, 3.05) is 18.5 Å². The number of amides is 1. The zero-order valence-electron chi connectivity index (χ0n) is 18.5. The van der Waals surface area contributed by atoms with Gasteiger partial charge in [0, 0.05) is 18.8 Å². The summed E-state index contributed by atoms with van der Waals surface area (Å²) in [5.74, 6) is -0.0802. The largest absolute Gasteiger partial charge is 0.482 e. The van der Waals surface area contributed by atoms with E-state index in [1.807, 2.05) is 56.3 Å². The van der Waals surface area contributed by atoms with Gasteiger partial charge in [-0.1, -0.05) is 54.1 Å². The molecule has 0 radical (unpaired) electrons. The van der Waals surface area contributed by atoms with Crippen molar-refractivity contribution in [2.24, 2.45) is 0 Å². The molecule has 172 valence electrons. The van der Waals surface area contributed by atoms with Crippen LogP contribution < -0.4 is 10.1 Å². The summed E-state index contributed by atoms with van der Waals surface area (Å²) in [4.78, 5) is 12.4. The third-order valence-electron chi connectivity index (χ3n) is 5.74. The minimum absolute atomic E-state index is 0.0965. The van der Waals surface area contributed by atoms with Crippen molar-refractivity contribution in [3.8, 4) is 5.75 Å². The summed E-state index contributed by atoms with van der Waals surface area (Å²) in [6.45, 7) is 4.32. The van der Waals surface area contributed by atoms with Gasteiger partial charge in [0.25, 0.3) is 5.91 Å². The molecule has 1 aliphatic rings. The molecule has 0 saturated heterocycles. The fourth-order valence-electron chi connectivity index (χ4n) is 3.91. The fourth-order valence-corrected chi connectivity index (χ4v) is 5.66. The Hall–Kier alpha value is -2.87. The molecule has 0 bridgehead atoms. The van der Waals surface area contributed by atoms with Crippen molar-refractivity contribution < 1.29 is 17.9 Å². The highest BCUT2D eigenvalue weighted by Gasteiger charge is 2.28. The van der Waals surface area contributed by atoms with Crippen molar-refractivity contribution in [1.82, 2.24) is 4.31 Å². The average molecular weight is 485 g/mol. The molecule has 0 saturated carbocycles. The van der Waals surface area contributed by atoms with E-state index in [0.717, 1.165) is 22.4 Å². The summed E-state index contributed by atoms with van der Waals surface area (Å²) in [6.07, 6.45) is 0.666. The molecule has 3 aromatic carbocycles. The molecule has 0 atom stereocenters. The Morgan fingerprint density at radius 2 is 1.73 bits per heavy atom. The number of sulfonamides is 1. The van der Waals surface area contributed by atoms with E-state index >= 15 is 0 Å². The highest BCUT2D eigenvalue weighted by Crippen LogP contribution is 2.31. The quantitative estimate of drug-likeness (QED) is 0.549. The normalized spacial score (nSPS) is 13.9. The minimum atomic E-state index is -3.71. The van der Waals surface area contributed by atoms with E-state index in [4.69, 9.17) is 16.3 Å². The van der Waals surface area contributed by atoms with Gasteiger partial charge < -0.3 is 10.1 Å². The van der Waals surface area contributed by atoms with Gasteiger partial charge in [0.15, 0.2) is 6.61 Å². The Morgan fingerprint density at radius 3 is 2.42 bits per heavy atom. The molecular weight excluding hydrogens is 460 g/mol. The molecule has 0 fully saturated rings. The molecule has 0 spiro atoms. The molecule has 1 heterocycles. The maximum atomic E-state index is 13.2. The maximum Gasteiger partial charge on any atom is 0.262 e. The average Bonchev–Trinajstić information content (AvgIpc) is 2.80. The van der Waals surface area contributed by atoms with Gasteiger partial charge in [0.1, 0.15) is 5.75 Å². The van der Waals surface area contributed by atoms with Crippen LogP contribution in [0.2, 0.25) is 5.02 Å². The molecule has 0 aliphatic carbocycles. The van der Waals surface area contributed by atoms with Crippen molar-refractivity contribution >= 4 is 33.2 Å². The minimum Gasteiger partial charge on any atom is -0.482 e. The van der Waals surface area contributed by atoms with E-state index in [2.05, 4.69) is 5.32 Å². The van der Waals surface area contributed by atoms with Crippen LogP contribution in [0, 0.1) is 13.8 Å². The number of hydrogen-bond acceptors (Lipinski definition) is 4. The second kappa shape index (κ2) is 9.55. The smallest absolute Gasteiger partial charge is 0.262 e. The lowest BCUT2D eigenvalue weighted by molar-refractivity contribution is -0.118. The third-order valence-corrected chi connectivity index (χ3v) is 7.88. The van der Waals surface area contributed by atoms with Crippen LogP contribution in [0.1, 0.15) is 22.3 Å². The van der Waals surface area contributed by atoms with Crippen molar-refractivity contribution in [3.05, 3.63) is 87.9 Å². The molecule has 0 aromatic heterocycles. The molecule has 6 nitrogen and oxygen atoms in total. The molecule has 4 rings (SSSR count). The van der Waals surface area contributed by atoms with Gasteiger partial charge in [-0.15, -0.1) is 0 Å². The Morgan fingerprint density at radius 1 is 1.03 bits per heavy atom. The lowest BCUT2D eigenvalue weighted by Gasteiger charge is -2.28. The van der Waals surface area contributed by atoms with Crippen LogP contribution in [0.3, 0.4) is 0 Å². The van der Waals surface area contributed by atoms with E-state index in [-0.39, 0.29) is 28.2 Å². The number of carbonyl (C=O) groups is 1. The molecule has 1 amide bonds. The van der Waals surface area contributed by atoms with Gasteiger partial charge in [0.2, 0.25) is 10.0 Å². The fraction of sp³-hybridized carbons (Fsp3) is 0.240. The standard InChI is InChI=1S/C25H25ClN2O4S/c1-17-6-5-7-18(2)25(17)27-24(29)16-32-23-11-10-21(14-22(23)26)33(30,31)28-13-12-19-8-3-4-9-20(19)15-28/h3-11,14H,12-13,15-16H2,1-2H3,(H,27,29). The monoisotopic (exact) mass is 484 g/mol. The lowest BCUT2D eigenvalue weighted by Crippen LogP contribution is -2.35. The van der Waals surface area contributed by atoms with Crippen LogP contribution in [0.5, 0.6) is 5.75 Å². The van der Waals surface area contributed by atoms with Crippen LogP contribution in [-0.2, 0) is 27.8 Å². The number of rotatable bonds is 6. The predicted molar refractivity (Wildman–Crippen MR) is 129 cm³/mol. The SMILES string of the molecule is Cc1cccc(C)c1NC(=O)COc1ccc(S(=O)(=O)N2CCc3ccccc3C2)cc1Cl. The number of para-hydroxylation sites is 1. The van der Waals surface area contributed by atoms with Crippen molar-refractivity contribution in [3.63, 3.8) is 0 Å². The Kier molecular flexibility index (Phi) is 6.74. The highest BCUT2D eigenvalue weighted by molar-refractivity contribution is 7.89. The van der Waals surface area contributed by atoms with E-state index in [1.54, 1.807) is 0 Å². The number of benzene rings is 3. The molecule has 1 aliphatic heterocycles. The summed E-state index contributed by atoms with van der Waals surface area (Å²) in [7, 11) is -3.71. The number of carbonyl (C=O) groups excluding carboxylic acids is 1. The van der Waals surface area contributed by atoms with E-state index < -0.39 is 10.0 Å². The number of fused-ring (bicyclic) bond motifs is 1. The first-order chi connectivity index (χ1) is 15.8. The number of nitrogens with one attached hydrogen (secondary N) is 1. The van der Waals surface area contributed by atoms with Gasteiger partial charge in [-0.25, -0.2) is 8.42 Å². The van der Waals surface area contributed by atoms with Crippen LogP contribution in [-0.4, -0.2) is 31.8 Å². The molecule has 3 aromatic rings. The van der Waals surface area contributed by atoms with Crippen molar-refractivity contribution in [2.45, 2.75) is 31.7 Å². The number of anilines is 1. The summed E-state index contributed by atoms with van der Waals surface area (Å²) in [6, 6.07) is 17.9. The Bertz CT molecular complexity index is 1290. The summed E-state index contributed by atoms with van der Waals surface area (Å²) in [5, 5.41) is 2.98. The zero-order chi connectivity index (χ0) is 23.6. The van der Waals surface area contributed by atoms with Crippen LogP contribution in [0.25, 0.3) is 0 Å². The molecule has 8 heteroatoms. The Labute approximate surface area is 199 Å². The molecule has 1 N–H and O–H groups in total. The van der Waals surface area contributed by atoms with Crippen molar-refractivity contribution in [1.29, 1.82) is 0 Å². The Balaban J connectivity index is 1.43. The van der Waals surface area contributed by atoms with Crippen LogP contribution in [0.4, 0.5) is 5.69 Å². The van der Waals surface area contributed by atoms with Crippen LogP contribution in [0.15, 0.2) is 65.6 Å². The van der Waals surface area contributed by atoms with Gasteiger partial charge in [-0.3, -0.25) is 4.79 Å². The van der Waals surface area contributed by atoms with E-state index in [9.17, 15) is 13.2 Å². The topological polar surface area (TPSA) is 75.7 Å².